The molecule has 0 atom stereocenters. The Kier molecular flexibility index (Phi) is 3.02. The molecule has 3 aromatic rings. The smallest absolute Gasteiger partial charge is 0.169 e. The predicted molar refractivity (Wildman–Crippen MR) is 74.0 cm³/mol. The molecule has 2 heterocycles. The highest BCUT2D eigenvalue weighted by Gasteiger charge is 2.11. The van der Waals surface area contributed by atoms with Crippen LogP contribution in [-0.2, 0) is 6.42 Å². The van der Waals surface area contributed by atoms with Gasteiger partial charge in [0.2, 0.25) is 0 Å². The highest BCUT2D eigenvalue weighted by molar-refractivity contribution is 6.08. The molecule has 3 rings (SSSR count). The van der Waals surface area contributed by atoms with Crippen molar-refractivity contribution in [1.82, 2.24) is 9.97 Å². The standard InChI is InChI=1S/C16H12N2O/c19-16(10-13-5-1-2-8-18-13)14-6-3-4-12-7-9-17-11-15(12)14/h1-9,11H,10H2. The molecule has 92 valence electrons. The highest BCUT2D eigenvalue weighted by Crippen LogP contribution is 2.18. The van der Waals surface area contributed by atoms with Gasteiger partial charge in [0, 0.05) is 35.2 Å². The molecular formula is C16H12N2O. The third-order valence-electron chi connectivity index (χ3n) is 3.05. The quantitative estimate of drug-likeness (QED) is 0.669. The second-order valence-electron chi connectivity index (χ2n) is 4.32. The fourth-order valence-electron chi connectivity index (χ4n) is 2.12. The SMILES string of the molecule is O=C(Cc1ccccn1)c1cccc2ccncc12. The zero-order chi connectivity index (χ0) is 13.1. The minimum atomic E-state index is 0.0669. The Bertz CT molecular complexity index is 718. The van der Waals surface area contributed by atoms with Gasteiger partial charge >= 0.3 is 0 Å². The molecule has 0 spiro atoms. The average Bonchev–Trinajstić information content (AvgIpc) is 2.47. The third-order valence-corrected chi connectivity index (χ3v) is 3.05. The highest BCUT2D eigenvalue weighted by atomic mass is 16.1. The van der Waals surface area contributed by atoms with Crippen molar-refractivity contribution in [3.63, 3.8) is 0 Å². The number of Topliss-reactive ketones (excluding diaryl/α,β-unsaturated/α-hetero) is 1. The molecule has 0 aliphatic carbocycles. The van der Waals surface area contributed by atoms with E-state index in [1.165, 1.54) is 0 Å². The maximum atomic E-state index is 12.4. The summed E-state index contributed by atoms with van der Waals surface area (Å²) in [4.78, 5) is 20.6. The number of hydrogen-bond donors (Lipinski definition) is 0. The normalized spacial score (nSPS) is 10.5. The van der Waals surface area contributed by atoms with Gasteiger partial charge in [-0.25, -0.2) is 0 Å². The zero-order valence-corrected chi connectivity index (χ0v) is 10.3. The van der Waals surface area contributed by atoms with E-state index in [0.29, 0.717) is 12.0 Å². The van der Waals surface area contributed by atoms with Crippen LogP contribution in [0.15, 0.2) is 61.1 Å². The Morgan fingerprint density at radius 1 is 1.00 bits per heavy atom. The Balaban J connectivity index is 1.98. The van der Waals surface area contributed by atoms with Crippen LogP contribution in [0.1, 0.15) is 16.1 Å². The van der Waals surface area contributed by atoms with Crippen molar-refractivity contribution >= 4 is 16.6 Å². The molecule has 0 N–H and O–H groups in total. The van der Waals surface area contributed by atoms with Gasteiger partial charge in [0.15, 0.2) is 5.78 Å². The summed E-state index contributed by atoms with van der Waals surface area (Å²) in [7, 11) is 0. The van der Waals surface area contributed by atoms with Crippen LogP contribution in [0.25, 0.3) is 10.8 Å². The van der Waals surface area contributed by atoms with E-state index in [4.69, 9.17) is 0 Å². The van der Waals surface area contributed by atoms with E-state index < -0.39 is 0 Å². The average molecular weight is 248 g/mol. The van der Waals surface area contributed by atoms with E-state index in [9.17, 15) is 4.79 Å². The van der Waals surface area contributed by atoms with Crippen molar-refractivity contribution in [2.45, 2.75) is 6.42 Å². The number of aromatic nitrogens is 2. The van der Waals surface area contributed by atoms with Crippen LogP contribution < -0.4 is 0 Å². The van der Waals surface area contributed by atoms with Gasteiger partial charge in [0.1, 0.15) is 0 Å². The van der Waals surface area contributed by atoms with Gasteiger partial charge < -0.3 is 0 Å². The van der Waals surface area contributed by atoms with Crippen molar-refractivity contribution in [3.05, 3.63) is 72.3 Å². The first kappa shape index (κ1) is 11.5. The molecule has 0 saturated carbocycles. The van der Waals surface area contributed by atoms with Gasteiger partial charge in [0.05, 0.1) is 6.42 Å². The second-order valence-corrected chi connectivity index (χ2v) is 4.32. The number of carbonyl (C=O) groups excluding carboxylic acids is 1. The topological polar surface area (TPSA) is 42.9 Å². The Morgan fingerprint density at radius 3 is 2.79 bits per heavy atom. The molecular weight excluding hydrogens is 236 g/mol. The Labute approximate surface area is 111 Å². The van der Waals surface area contributed by atoms with E-state index in [2.05, 4.69) is 9.97 Å². The Morgan fingerprint density at radius 2 is 1.95 bits per heavy atom. The van der Waals surface area contributed by atoms with Crippen molar-refractivity contribution in [3.8, 4) is 0 Å². The molecule has 3 heteroatoms. The fourth-order valence-corrected chi connectivity index (χ4v) is 2.12. The number of pyridine rings is 2. The fraction of sp³-hybridized carbons (Fsp3) is 0.0625. The first-order chi connectivity index (χ1) is 9.34. The first-order valence-electron chi connectivity index (χ1n) is 6.10. The lowest BCUT2D eigenvalue weighted by molar-refractivity contribution is 0.0993. The molecule has 3 nitrogen and oxygen atoms in total. The van der Waals surface area contributed by atoms with Gasteiger partial charge in [-0.05, 0) is 23.6 Å². The summed E-state index contributed by atoms with van der Waals surface area (Å²) in [6, 6.07) is 13.2. The van der Waals surface area contributed by atoms with Crippen LogP contribution in [-0.4, -0.2) is 15.8 Å². The molecule has 0 unspecified atom stereocenters. The van der Waals surface area contributed by atoms with Crippen LogP contribution in [0.4, 0.5) is 0 Å². The molecule has 0 fully saturated rings. The lowest BCUT2D eigenvalue weighted by Crippen LogP contribution is -2.05. The number of hydrogen-bond acceptors (Lipinski definition) is 3. The first-order valence-corrected chi connectivity index (χ1v) is 6.10. The summed E-state index contributed by atoms with van der Waals surface area (Å²) >= 11 is 0. The van der Waals surface area contributed by atoms with Crippen LogP contribution in [0.2, 0.25) is 0 Å². The van der Waals surface area contributed by atoms with Gasteiger partial charge in [0.25, 0.3) is 0 Å². The van der Waals surface area contributed by atoms with Crippen molar-refractivity contribution in [2.24, 2.45) is 0 Å². The zero-order valence-electron chi connectivity index (χ0n) is 10.3. The lowest BCUT2D eigenvalue weighted by Gasteiger charge is -2.05. The summed E-state index contributed by atoms with van der Waals surface area (Å²) in [5.74, 6) is 0.0669. The van der Waals surface area contributed by atoms with Gasteiger partial charge in [-0.1, -0.05) is 24.3 Å². The van der Waals surface area contributed by atoms with Crippen LogP contribution in [0.5, 0.6) is 0 Å². The third kappa shape index (κ3) is 2.36. The predicted octanol–water partition coefficient (Wildman–Crippen LogP) is 3.06. The van der Waals surface area contributed by atoms with E-state index in [1.807, 2.05) is 42.5 Å². The van der Waals surface area contributed by atoms with Gasteiger partial charge in [-0.2, -0.15) is 0 Å². The molecule has 0 saturated heterocycles. The molecule has 0 bridgehead atoms. The number of carbonyl (C=O) groups is 1. The van der Waals surface area contributed by atoms with Gasteiger partial charge in [-0.15, -0.1) is 0 Å². The minimum Gasteiger partial charge on any atom is -0.294 e. The molecule has 19 heavy (non-hydrogen) atoms. The van der Waals surface area contributed by atoms with E-state index in [1.54, 1.807) is 18.6 Å². The van der Waals surface area contributed by atoms with Crippen molar-refractivity contribution in [1.29, 1.82) is 0 Å². The molecule has 1 aromatic carbocycles. The van der Waals surface area contributed by atoms with Crippen molar-refractivity contribution in [2.75, 3.05) is 0 Å². The number of nitrogens with zero attached hydrogens (tertiary/aromatic N) is 2. The number of ketones is 1. The monoisotopic (exact) mass is 248 g/mol. The largest absolute Gasteiger partial charge is 0.294 e. The van der Waals surface area contributed by atoms with Crippen LogP contribution >= 0.6 is 0 Å². The summed E-state index contributed by atoms with van der Waals surface area (Å²) in [5, 5.41) is 1.92. The van der Waals surface area contributed by atoms with Crippen molar-refractivity contribution < 1.29 is 4.79 Å². The number of rotatable bonds is 3. The maximum absolute atomic E-state index is 12.4. The summed E-state index contributed by atoms with van der Waals surface area (Å²) < 4.78 is 0. The van der Waals surface area contributed by atoms with Crippen LogP contribution in [0, 0.1) is 0 Å². The van der Waals surface area contributed by atoms with E-state index in [0.717, 1.165) is 16.5 Å². The maximum Gasteiger partial charge on any atom is 0.169 e. The molecule has 0 aliphatic rings. The molecule has 0 aliphatic heterocycles. The van der Waals surface area contributed by atoms with Gasteiger partial charge in [-0.3, -0.25) is 14.8 Å². The summed E-state index contributed by atoms with van der Waals surface area (Å²) in [6.45, 7) is 0. The minimum absolute atomic E-state index is 0.0669. The number of fused-ring (bicyclic) bond motifs is 1. The lowest BCUT2D eigenvalue weighted by atomic mass is 10.0. The van der Waals surface area contributed by atoms with E-state index in [-0.39, 0.29) is 5.78 Å². The molecule has 0 radical (unpaired) electrons. The number of benzene rings is 1. The molecule has 2 aromatic heterocycles. The second kappa shape index (κ2) is 4.98. The van der Waals surface area contributed by atoms with Crippen LogP contribution in [0.3, 0.4) is 0 Å². The Hall–Kier alpha value is -2.55. The summed E-state index contributed by atoms with van der Waals surface area (Å²) in [6.07, 6.45) is 5.48. The molecule has 0 amide bonds. The summed E-state index contributed by atoms with van der Waals surface area (Å²) in [5.41, 5.74) is 1.49. The van der Waals surface area contributed by atoms with E-state index >= 15 is 0 Å².